The van der Waals surface area contributed by atoms with Gasteiger partial charge in [0, 0.05) is 5.75 Å². The highest BCUT2D eigenvalue weighted by atomic mass is 32.2. The molecule has 0 saturated carbocycles. The molecule has 1 aliphatic heterocycles. The molecule has 144 valence electrons. The van der Waals surface area contributed by atoms with Crippen molar-refractivity contribution in [2.24, 2.45) is 10.2 Å². The first-order chi connectivity index (χ1) is 13.7. The predicted molar refractivity (Wildman–Crippen MR) is 109 cm³/mol. The zero-order valence-corrected chi connectivity index (χ0v) is 16.1. The molecule has 0 spiro atoms. The number of amidine groups is 1. The van der Waals surface area contributed by atoms with Gasteiger partial charge in [-0.15, -0.1) is 5.10 Å². The average molecular weight is 397 g/mol. The minimum Gasteiger partial charge on any atom is -0.493 e. The van der Waals surface area contributed by atoms with Crippen LogP contribution < -0.4 is 10.1 Å². The molecule has 0 bridgehead atoms. The Morgan fingerprint density at radius 3 is 2.54 bits per heavy atom. The number of hydrogen-bond acceptors (Lipinski definition) is 7. The van der Waals surface area contributed by atoms with Crippen LogP contribution in [0.25, 0.3) is 0 Å². The fourth-order valence-corrected chi connectivity index (χ4v) is 3.20. The number of rotatable bonds is 6. The number of carbonyl (C=O) groups excluding carboxylic acids is 2. The maximum Gasteiger partial charge on any atom is 0.342 e. The summed E-state index contributed by atoms with van der Waals surface area (Å²) in [5.74, 6) is -0.0935. The van der Waals surface area contributed by atoms with E-state index in [1.54, 1.807) is 24.3 Å². The molecule has 0 radical (unpaired) electrons. The SMILES string of the molecule is CCOc1ccccc1C(=O)OCC(=O)NC1=NN=C(c2ccccc2)CS1. The van der Waals surface area contributed by atoms with E-state index in [0.717, 1.165) is 11.3 Å². The number of esters is 1. The highest BCUT2D eigenvalue weighted by molar-refractivity contribution is 8.14. The molecule has 0 saturated heterocycles. The average Bonchev–Trinajstić information content (AvgIpc) is 2.74. The summed E-state index contributed by atoms with van der Waals surface area (Å²) in [4.78, 5) is 24.2. The van der Waals surface area contributed by atoms with Crippen molar-refractivity contribution in [3.8, 4) is 5.75 Å². The Balaban J connectivity index is 1.53. The maximum absolute atomic E-state index is 12.2. The lowest BCUT2D eigenvalue weighted by atomic mass is 10.1. The van der Waals surface area contributed by atoms with Gasteiger partial charge in [-0.25, -0.2) is 4.79 Å². The van der Waals surface area contributed by atoms with Crippen LogP contribution >= 0.6 is 11.8 Å². The van der Waals surface area contributed by atoms with Crippen LogP contribution in [0.4, 0.5) is 0 Å². The molecule has 0 atom stereocenters. The molecule has 7 nitrogen and oxygen atoms in total. The fraction of sp³-hybridized carbons (Fsp3) is 0.200. The number of carbonyl (C=O) groups is 2. The molecule has 0 fully saturated rings. The summed E-state index contributed by atoms with van der Waals surface area (Å²) in [6.07, 6.45) is 0. The minimum absolute atomic E-state index is 0.277. The van der Waals surface area contributed by atoms with E-state index < -0.39 is 18.5 Å². The van der Waals surface area contributed by atoms with Gasteiger partial charge in [0.1, 0.15) is 11.3 Å². The van der Waals surface area contributed by atoms with Crippen LogP contribution in [0, 0.1) is 0 Å². The molecule has 0 aromatic heterocycles. The van der Waals surface area contributed by atoms with Crippen molar-refractivity contribution in [2.75, 3.05) is 19.0 Å². The molecule has 8 heteroatoms. The highest BCUT2D eigenvalue weighted by Crippen LogP contribution is 2.19. The van der Waals surface area contributed by atoms with Crippen LogP contribution in [0.1, 0.15) is 22.8 Å². The summed E-state index contributed by atoms with van der Waals surface area (Å²) < 4.78 is 10.5. The van der Waals surface area contributed by atoms with Gasteiger partial charge in [0.15, 0.2) is 11.8 Å². The van der Waals surface area contributed by atoms with E-state index in [4.69, 9.17) is 9.47 Å². The number of ether oxygens (including phenoxy) is 2. The largest absolute Gasteiger partial charge is 0.493 e. The molecule has 28 heavy (non-hydrogen) atoms. The molecule has 2 aromatic rings. The van der Waals surface area contributed by atoms with E-state index in [-0.39, 0.29) is 5.56 Å². The second-order valence-corrected chi connectivity index (χ2v) is 6.62. The summed E-state index contributed by atoms with van der Waals surface area (Å²) in [5, 5.41) is 11.1. The van der Waals surface area contributed by atoms with E-state index in [0.29, 0.717) is 23.3 Å². The van der Waals surface area contributed by atoms with Crippen molar-refractivity contribution in [1.29, 1.82) is 0 Å². The van der Waals surface area contributed by atoms with E-state index in [1.165, 1.54) is 11.8 Å². The van der Waals surface area contributed by atoms with Crippen molar-refractivity contribution < 1.29 is 19.1 Å². The Morgan fingerprint density at radius 2 is 1.82 bits per heavy atom. The first-order valence-electron chi connectivity index (χ1n) is 8.69. The lowest BCUT2D eigenvalue weighted by Crippen LogP contribution is -2.34. The summed E-state index contributed by atoms with van der Waals surface area (Å²) in [5.41, 5.74) is 2.10. The number of nitrogens with one attached hydrogen (secondary N) is 1. The third-order valence-electron chi connectivity index (χ3n) is 3.70. The van der Waals surface area contributed by atoms with Crippen molar-refractivity contribution >= 4 is 34.5 Å². The molecule has 2 aromatic carbocycles. The van der Waals surface area contributed by atoms with Gasteiger partial charge in [-0.05, 0) is 24.6 Å². The van der Waals surface area contributed by atoms with Gasteiger partial charge in [-0.1, -0.05) is 54.2 Å². The zero-order chi connectivity index (χ0) is 19.8. The van der Waals surface area contributed by atoms with Crippen molar-refractivity contribution in [3.63, 3.8) is 0 Å². The summed E-state index contributed by atoms with van der Waals surface area (Å²) in [6, 6.07) is 16.4. The van der Waals surface area contributed by atoms with Crippen LogP contribution in [0.2, 0.25) is 0 Å². The number of amides is 1. The normalized spacial score (nSPS) is 13.2. The van der Waals surface area contributed by atoms with Gasteiger partial charge in [-0.3, -0.25) is 4.79 Å². The Bertz CT molecular complexity index is 913. The van der Waals surface area contributed by atoms with E-state index in [2.05, 4.69) is 15.5 Å². The van der Waals surface area contributed by atoms with Crippen molar-refractivity contribution in [1.82, 2.24) is 5.32 Å². The lowest BCUT2D eigenvalue weighted by molar-refractivity contribution is -0.122. The van der Waals surface area contributed by atoms with E-state index in [9.17, 15) is 9.59 Å². The van der Waals surface area contributed by atoms with Crippen LogP contribution in [0.5, 0.6) is 5.75 Å². The topological polar surface area (TPSA) is 89.3 Å². The van der Waals surface area contributed by atoms with Crippen molar-refractivity contribution in [3.05, 3.63) is 65.7 Å². The second kappa shape index (κ2) is 9.70. The first-order valence-corrected chi connectivity index (χ1v) is 9.67. The quantitative estimate of drug-likeness (QED) is 0.757. The van der Waals surface area contributed by atoms with Crippen LogP contribution in [-0.4, -0.2) is 41.7 Å². The van der Waals surface area contributed by atoms with E-state index >= 15 is 0 Å². The number of benzene rings is 2. The van der Waals surface area contributed by atoms with Gasteiger partial charge in [0.25, 0.3) is 5.91 Å². The fourth-order valence-electron chi connectivity index (χ4n) is 2.41. The molecule has 1 amide bonds. The first kappa shape index (κ1) is 19.6. The van der Waals surface area contributed by atoms with Gasteiger partial charge < -0.3 is 14.8 Å². The van der Waals surface area contributed by atoms with Crippen molar-refractivity contribution in [2.45, 2.75) is 6.92 Å². The van der Waals surface area contributed by atoms with Gasteiger partial charge in [0.05, 0.1) is 12.3 Å². The number of thioether (sulfide) groups is 1. The predicted octanol–water partition coefficient (Wildman–Crippen LogP) is 2.87. The van der Waals surface area contributed by atoms with Gasteiger partial charge in [-0.2, -0.15) is 5.10 Å². The second-order valence-electron chi connectivity index (χ2n) is 5.66. The highest BCUT2D eigenvalue weighted by Gasteiger charge is 2.17. The van der Waals surface area contributed by atoms with Crippen LogP contribution in [0.15, 0.2) is 64.8 Å². The molecule has 1 N–H and O–H groups in total. The third-order valence-corrected chi connectivity index (χ3v) is 4.58. The van der Waals surface area contributed by atoms with Crippen LogP contribution in [0.3, 0.4) is 0 Å². The summed E-state index contributed by atoms with van der Waals surface area (Å²) in [7, 11) is 0. The van der Waals surface area contributed by atoms with Gasteiger partial charge in [0.2, 0.25) is 0 Å². The molecule has 3 rings (SSSR count). The maximum atomic E-state index is 12.2. The van der Waals surface area contributed by atoms with Gasteiger partial charge >= 0.3 is 5.97 Å². The molecule has 0 aliphatic carbocycles. The van der Waals surface area contributed by atoms with Crippen LogP contribution in [-0.2, 0) is 9.53 Å². The smallest absolute Gasteiger partial charge is 0.342 e. The monoisotopic (exact) mass is 397 g/mol. The Kier molecular flexibility index (Phi) is 6.80. The number of nitrogens with zero attached hydrogens (tertiary/aromatic N) is 2. The lowest BCUT2D eigenvalue weighted by Gasteiger charge is -2.13. The zero-order valence-electron chi connectivity index (χ0n) is 15.3. The molecular formula is C20H19N3O4S. The van der Waals surface area contributed by atoms with E-state index in [1.807, 2.05) is 37.3 Å². The third kappa shape index (κ3) is 5.20. The Morgan fingerprint density at radius 1 is 1.07 bits per heavy atom. The Hall–Kier alpha value is -3.13. The molecule has 0 unspecified atom stereocenters. The molecular weight excluding hydrogens is 378 g/mol. The summed E-state index contributed by atoms with van der Waals surface area (Å²) >= 11 is 1.36. The minimum atomic E-state index is -0.623. The number of para-hydroxylation sites is 1. The standard InChI is InChI=1S/C20H19N3O4S/c1-2-26-17-11-7-6-10-15(17)19(25)27-12-18(24)21-20-23-22-16(13-28-20)14-8-4-3-5-9-14/h3-11H,2,12-13H2,1H3,(H,21,23,24). The number of hydrogen-bond donors (Lipinski definition) is 1. The Labute approximate surface area is 166 Å². The molecule has 1 aliphatic rings. The summed E-state index contributed by atoms with van der Waals surface area (Å²) in [6.45, 7) is 1.82. The molecule has 1 heterocycles.